The minimum absolute atomic E-state index is 0.0717. The molecule has 3 aromatic carbocycles. The van der Waals surface area contributed by atoms with Crippen molar-refractivity contribution in [2.45, 2.75) is 57.3 Å². The Kier molecular flexibility index (Phi) is 7.48. The molecule has 1 heterocycles. The van der Waals surface area contributed by atoms with Crippen LogP contribution in [0.3, 0.4) is 0 Å². The zero-order chi connectivity index (χ0) is 27.0. The molecule has 0 aliphatic carbocycles. The van der Waals surface area contributed by atoms with Gasteiger partial charge in [-0.2, -0.15) is 17.5 Å². The summed E-state index contributed by atoms with van der Waals surface area (Å²) in [6.45, 7) is 5.65. The molecular formula is C28H29F3N2O3S. The lowest BCUT2D eigenvalue weighted by molar-refractivity contribution is -0.137. The van der Waals surface area contributed by atoms with E-state index in [-0.39, 0.29) is 24.4 Å². The third kappa shape index (κ3) is 5.72. The van der Waals surface area contributed by atoms with Crippen molar-refractivity contribution in [2.75, 3.05) is 6.54 Å². The summed E-state index contributed by atoms with van der Waals surface area (Å²) in [6, 6.07) is 14.9. The average molecular weight is 531 g/mol. The molecule has 0 saturated heterocycles. The maximum Gasteiger partial charge on any atom is 0.416 e. The smallest absolute Gasteiger partial charge is 0.354 e. The molecule has 9 heteroatoms. The number of rotatable bonds is 6. The number of benzene rings is 3. The van der Waals surface area contributed by atoms with E-state index in [4.69, 9.17) is 0 Å². The highest BCUT2D eigenvalue weighted by molar-refractivity contribution is 7.89. The predicted octanol–water partition coefficient (Wildman–Crippen LogP) is 5.11. The summed E-state index contributed by atoms with van der Waals surface area (Å²) in [5.41, 5.74) is 3.86. The van der Waals surface area contributed by atoms with Crippen molar-refractivity contribution in [3.05, 3.63) is 99.6 Å². The van der Waals surface area contributed by atoms with Crippen LogP contribution in [0, 0.1) is 20.8 Å². The molecule has 1 aliphatic rings. The van der Waals surface area contributed by atoms with Crippen LogP contribution in [-0.2, 0) is 40.4 Å². The van der Waals surface area contributed by atoms with Crippen LogP contribution >= 0.6 is 0 Å². The zero-order valence-electron chi connectivity index (χ0n) is 20.9. The summed E-state index contributed by atoms with van der Waals surface area (Å²) < 4.78 is 67.5. The number of hydrogen-bond donors (Lipinski definition) is 1. The molecule has 0 radical (unpaired) electrons. The van der Waals surface area contributed by atoms with Gasteiger partial charge in [0.15, 0.2) is 0 Å². The van der Waals surface area contributed by atoms with Crippen molar-refractivity contribution < 1.29 is 26.4 Å². The van der Waals surface area contributed by atoms with Crippen LogP contribution in [-0.4, -0.2) is 31.2 Å². The van der Waals surface area contributed by atoms with Crippen LogP contribution in [0.15, 0.2) is 65.6 Å². The van der Waals surface area contributed by atoms with Crippen molar-refractivity contribution in [3.63, 3.8) is 0 Å². The SMILES string of the molecule is Cc1cc(C)c(S(=O)(=O)N2Cc3ccccc3CC2C(=O)NCCc2ccc(C(F)(F)F)cc2)c(C)c1. The zero-order valence-corrected chi connectivity index (χ0v) is 21.7. The Morgan fingerprint density at radius 1 is 0.973 bits per heavy atom. The maximum absolute atomic E-state index is 13.9. The number of sulfonamides is 1. The molecule has 1 atom stereocenters. The molecule has 0 spiro atoms. The molecule has 4 rings (SSSR count). The number of aryl methyl sites for hydroxylation is 3. The third-order valence-electron chi connectivity index (χ3n) is 6.67. The number of alkyl halides is 3. The number of halogens is 3. The average Bonchev–Trinajstić information content (AvgIpc) is 2.82. The minimum atomic E-state index is -4.41. The van der Waals surface area contributed by atoms with Crippen molar-refractivity contribution >= 4 is 15.9 Å². The lowest BCUT2D eigenvalue weighted by atomic mass is 9.95. The summed E-state index contributed by atoms with van der Waals surface area (Å²) >= 11 is 0. The highest BCUT2D eigenvalue weighted by atomic mass is 32.2. The van der Waals surface area contributed by atoms with Crippen LogP contribution in [0.4, 0.5) is 13.2 Å². The quantitative estimate of drug-likeness (QED) is 0.482. The second-order valence-electron chi connectivity index (χ2n) is 9.50. The van der Waals surface area contributed by atoms with E-state index in [1.807, 2.05) is 43.3 Å². The van der Waals surface area contributed by atoms with E-state index in [1.54, 1.807) is 13.8 Å². The summed E-state index contributed by atoms with van der Waals surface area (Å²) in [6.07, 6.45) is -3.87. The first kappa shape index (κ1) is 26.9. The van der Waals surface area contributed by atoms with Crippen molar-refractivity contribution in [2.24, 2.45) is 0 Å². The number of carbonyl (C=O) groups is 1. The fourth-order valence-corrected chi connectivity index (χ4v) is 6.95. The largest absolute Gasteiger partial charge is 0.416 e. The van der Waals surface area contributed by atoms with Gasteiger partial charge in [0.05, 0.1) is 10.5 Å². The van der Waals surface area contributed by atoms with E-state index in [0.717, 1.165) is 28.8 Å². The van der Waals surface area contributed by atoms with Crippen LogP contribution < -0.4 is 5.32 Å². The predicted molar refractivity (Wildman–Crippen MR) is 135 cm³/mol. The summed E-state index contributed by atoms with van der Waals surface area (Å²) in [7, 11) is -4.01. The second kappa shape index (κ2) is 10.3. The fourth-order valence-electron chi connectivity index (χ4n) is 4.97. The van der Waals surface area contributed by atoms with Gasteiger partial charge in [0.2, 0.25) is 15.9 Å². The first-order chi connectivity index (χ1) is 17.4. The molecule has 37 heavy (non-hydrogen) atoms. The van der Waals surface area contributed by atoms with Crippen LogP contribution in [0.2, 0.25) is 0 Å². The molecule has 5 nitrogen and oxygen atoms in total. The van der Waals surface area contributed by atoms with Gasteiger partial charge in [0.25, 0.3) is 0 Å². The number of nitrogens with zero attached hydrogens (tertiary/aromatic N) is 1. The molecule has 0 fully saturated rings. The third-order valence-corrected chi connectivity index (χ3v) is 8.83. The van der Waals surface area contributed by atoms with Gasteiger partial charge in [0, 0.05) is 13.1 Å². The molecule has 1 N–H and O–H groups in total. The summed E-state index contributed by atoms with van der Waals surface area (Å²) in [4.78, 5) is 13.5. The molecule has 3 aromatic rings. The second-order valence-corrected chi connectivity index (χ2v) is 11.3. The van der Waals surface area contributed by atoms with Gasteiger partial charge in [0.1, 0.15) is 6.04 Å². The molecule has 196 valence electrons. The Bertz CT molecular complexity index is 1390. The number of carbonyl (C=O) groups excluding carboxylic acids is 1. The standard InChI is InChI=1S/C28H29F3N2O3S/c1-18-14-19(2)26(20(3)15-18)37(35,36)33-17-23-7-5-4-6-22(23)16-25(33)27(34)32-13-12-21-8-10-24(11-9-21)28(29,30)31/h4-11,14-15,25H,12-13,16-17H2,1-3H3,(H,32,34). The van der Waals surface area contributed by atoms with Gasteiger partial charge in [-0.1, -0.05) is 54.1 Å². The van der Waals surface area contributed by atoms with Gasteiger partial charge >= 0.3 is 6.18 Å². The van der Waals surface area contributed by atoms with E-state index < -0.39 is 33.7 Å². The van der Waals surface area contributed by atoms with Crippen LogP contribution in [0.25, 0.3) is 0 Å². The first-order valence-electron chi connectivity index (χ1n) is 12.0. The van der Waals surface area contributed by atoms with Gasteiger partial charge in [-0.3, -0.25) is 4.79 Å². The van der Waals surface area contributed by atoms with Crippen LogP contribution in [0.1, 0.15) is 38.9 Å². The molecule has 0 bridgehead atoms. The number of hydrogen-bond acceptors (Lipinski definition) is 3. The van der Waals surface area contributed by atoms with Gasteiger partial charge in [-0.15, -0.1) is 0 Å². The lowest BCUT2D eigenvalue weighted by Gasteiger charge is -2.35. The number of fused-ring (bicyclic) bond motifs is 1. The number of amides is 1. The summed E-state index contributed by atoms with van der Waals surface area (Å²) in [5, 5.41) is 2.80. The molecular weight excluding hydrogens is 501 g/mol. The van der Waals surface area contributed by atoms with E-state index in [9.17, 15) is 26.4 Å². The molecule has 0 saturated carbocycles. The van der Waals surface area contributed by atoms with Crippen molar-refractivity contribution in [1.82, 2.24) is 9.62 Å². The highest BCUT2D eigenvalue weighted by Gasteiger charge is 2.40. The van der Waals surface area contributed by atoms with Crippen molar-refractivity contribution in [1.29, 1.82) is 0 Å². The van der Waals surface area contributed by atoms with Crippen molar-refractivity contribution in [3.8, 4) is 0 Å². The Labute approximate surface area is 215 Å². The molecule has 1 unspecified atom stereocenters. The Morgan fingerprint density at radius 2 is 1.57 bits per heavy atom. The van der Waals surface area contributed by atoms with Gasteiger partial charge < -0.3 is 5.32 Å². The van der Waals surface area contributed by atoms with E-state index >= 15 is 0 Å². The van der Waals surface area contributed by atoms with E-state index in [1.165, 1.54) is 16.4 Å². The number of nitrogens with one attached hydrogen (secondary N) is 1. The topological polar surface area (TPSA) is 66.5 Å². The van der Waals surface area contributed by atoms with Gasteiger partial charge in [-0.25, -0.2) is 8.42 Å². The van der Waals surface area contributed by atoms with Crippen LogP contribution in [0.5, 0.6) is 0 Å². The van der Waals surface area contributed by atoms with E-state index in [2.05, 4.69) is 5.32 Å². The molecule has 0 aromatic heterocycles. The van der Waals surface area contributed by atoms with E-state index in [0.29, 0.717) is 23.1 Å². The highest BCUT2D eigenvalue weighted by Crippen LogP contribution is 2.33. The maximum atomic E-state index is 13.9. The normalized spacial score (nSPS) is 16.3. The molecule has 1 amide bonds. The molecule has 1 aliphatic heterocycles. The Hall–Kier alpha value is -3.17. The Balaban J connectivity index is 1.57. The van der Waals surface area contributed by atoms with Gasteiger partial charge in [-0.05, 0) is 73.6 Å². The minimum Gasteiger partial charge on any atom is -0.354 e. The lowest BCUT2D eigenvalue weighted by Crippen LogP contribution is -2.52. The monoisotopic (exact) mass is 530 g/mol. The Morgan fingerprint density at radius 3 is 2.16 bits per heavy atom. The fraction of sp³-hybridized carbons (Fsp3) is 0.321. The first-order valence-corrected chi connectivity index (χ1v) is 13.4. The summed E-state index contributed by atoms with van der Waals surface area (Å²) in [5.74, 6) is -0.438.